The molecule has 7 heteroatoms. The first-order valence-corrected chi connectivity index (χ1v) is 8.30. The highest BCUT2D eigenvalue weighted by Gasteiger charge is 2.30. The normalized spacial score (nSPS) is 14.3. The lowest BCUT2D eigenvalue weighted by atomic mass is 10.0. The van der Waals surface area contributed by atoms with E-state index in [9.17, 15) is 4.79 Å². The molecular weight excluding hydrogens is 338 g/mol. The summed E-state index contributed by atoms with van der Waals surface area (Å²) in [6, 6.07) is 3.77. The molecule has 0 spiro atoms. The number of hydrogen-bond acceptors (Lipinski definition) is 6. The van der Waals surface area contributed by atoms with Crippen LogP contribution in [0.1, 0.15) is 5.56 Å². The Morgan fingerprint density at radius 2 is 1.81 bits per heavy atom. The van der Waals surface area contributed by atoms with Gasteiger partial charge in [0.2, 0.25) is 12.5 Å². The highest BCUT2D eigenvalue weighted by atomic mass is 16.7. The molecule has 0 atom stereocenters. The summed E-state index contributed by atoms with van der Waals surface area (Å²) < 4.78 is 29.6. The number of hydrogen-bond donors (Lipinski definition) is 0. The summed E-state index contributed by atoms with van der Waals surface area (Å²) in [5, 5.41) is 2.00. The molecule has 0 N–H and O–H groups in total. The summed E-state index contributed by atoms with van der Waals surface area (Å²) in [6.45, 7) is 0.703. The van der Waals surface area contributed by atoms with Gasteiger partial charge in [-0.2, -0.15) is 0 Å². The Hall–Kier alpha value is -3.09. The van der Waals surface area contributed by atoms with Crippen molar-refractivity contribution in [1.82, 2.24) is 4.57 Å². The third-order valence-corrected chi connectivity index (χ3v) is 5.15. The van der Waals surface area contributed by atoms with Gasteiger partial charge in [-0.15, -0.1) is 0 Å². The van der Waals surface area contributed by atoms with Gasteiger partial charge in [0.15, 0.2) is 23.0 Å². The lowest BCUT2D eigenvalue weighted by molar-refractivity contribution is 0.171. The molecule has 5 rings (SSSR count). The predicted octanol–water partition coefficient (Wildman–Crippen LogP) is 2.47. The second kappa shape index (κ2) is 5.20. The predicted molar refractivity (Wildman–Crippen MR) is 95.2 cm³/mol. The summed E-state index contributed by atoms with van der Waals surface area (Å²) in [5.74, 6) is 2.64. The molecule has 0 fully saturated rings. The van der Waals surface area contributed by atoms with Gasteiger partial charge in [-0.1, -0.05) is 0 Å². The third kappa shape index (κ3) is 1.70. The van der Waals surface area contributed by atoms with Gasteiger partial charge in [0, 0.05) is 11.9 Å². The summed E-state index contributed by atoms with van der Waals surface area (Å²) in [6.07, 6.45) is 0.761. The van der Waals surface area contributed by atoms with Gasteiger partial charge in [0.25, 0.3) is 5.56 Å². The molecule has 3 heterocycles. The van der Waals surface area contributed by atoms with Crippen molar-refractivity contribution in [3.05, 3.63) is 28.0 Å². The van der Waals surface area contributed by atoms with Gasteiger partial charge in [0.05, 0.1) is 37.6 Å². The van der Waals surface area contributed by atoms with Crippen molar-refractivity contribution in [3.63, 3.8) is 0 Å². The molecule has 3 aromatic rings. The molecule has 0 bridgehead atoms. The Labute approximate surface area is 148 Å². The first-order valence-electron chi connectivity index (χ1n) is 8.30. The number of methoxy groups -OCH3 is 3. The van der Waals surface area contributed by atoms with E-state index in [2.05, 4.69) is 0 Å². The molecule has 0 radical (unpaired) electrons. The molecule has 2 aliphatic heterocycles. The average molecular weight is 355 g/mol. The van der Waals surface area contributed by atoms with Crippen LogP contribution in [-0.2, 0) is 13.0 Å². The van der Waals surface area contributed by atoms with Crippen molar-refractivity contribution >= 4 is 21.7 Å². The fourth-order valence-electron chi connectivity index (χ4n) is 4.09. The number of fused-ring (bicyclic) bond motifs is 3. The van der Waals surface area contributed by atoms with Crippen LogP contribution in [0.5, 0.6) is 28.7 Å². The fourth-order valence-corrected chi connectivity index (χ4v) is 4.09. The Morgan fingerprint density at radius 1 is 1.00 bits per heavy atom. The van der Waals surface area contributed by atoms with Crippen molar-refractivity contribution in [2.24, 2.45) is 0 Å². The number of nitrogens with zero attached hydrogens (tertiary/aromatic N) is 1. The lowest BCUT2D eigenvalue weighted by Gasteiger charge is -2.17. The van der Waals surface area contributed by atoms with Crippen molar-refractivity contribution in [2.45, 2.75) is 13.0 Å². The highest BCUT2D eigenvalue weighted by molar-refractivity contribution is 6.14. The van der Waals surface area contributed by atoms with E-state index in [4.69, 9.17) is 23.7 Å². The summed E-state index contributed by atoms with van der Waals surface area (Å²) >= 11 is 0. The van der Waals surface area contributed by atoms with E-state index in [1.807, 2.05) is 12.1 Å². The van der Waals surface area contributed by atoms with Gasteiger partial charge in [-0.25, -0.2) is 0 Å². The first kappa shape index (κ1) is 15.2. The van der Waals surface area contributed by atoms with Crippen molar-refractivity contribution in [2.75, 3.05) is 28.1 Å². The van der Waals surface area contributed by atoms with Crippen molar-refractivity contribution < 1.29 is 23.7 Å². The molecule has 26 heavy (non-hydrogen) atoms. The number of ether oxygens (including phenoxy) is 5. The van der Waals surface area contributed by atoms with Gasteiger partial charge in [-0.05, 0) is 24.1 Å². The second-order valence-corrected chi connectivity index (χ2v) is 6.27. The van der Waals surface area contributed by atoms with E-state index in [-0.39, 0.29) is 12.4 Å². The van der Waals surface area contributed by atoms with Crippen molar-refractivity contribution in [3.8, 4) is 28.7 Å². The molecule has 0 amide bonds. The smallest absolute Gasteiger partial charge is 0.262 e. The van der Waals surface area contributed by atoms with E-state index in [0.29, 0.717) is 46.1 Å². The van der Waals surface area contributed by atoms with Crippen LogP contribution < -0.4 is 29.2 Å². The fraction of sp³-hybridized carbons (Fsp3) is 0.316. The van der Waals surface area contributed by atoms with Crippen LogP contribution in [-0.4, -0.2) is 32.7 Å². The summed E-state index contributed by atoms with van der Waals surface area (Å²) in [7, 11) is 4.73. The van der Waals surface area contributed by atoms with Crippen LogP contribution in [0.4, 0.5) is 0 Å². The number of pyridine rings is 1. The number of rotatable bonds is 3. The average Bonchev–Trinajstić information content (AvgIpc) is 3.30. The minimum absolute atomic E-state index is 0.0971. The van der Waals surface area contributed by atoms with E-state index in [1.165, 1.54) is 7.11 Å². The quantitative estimate of drug-likeness (QED) is 0.673. The standard InChI is InChI=1S/C19H17NO6/c1-22-11-6-9-4-5-20-15(9)13(16(11)23-2)10-7-12-17(26-8-25-12)18(24-3)14(10)19(20)21/h6-7H,4-5,8H2,1-3H3. The zero-order valence-corrected chi connectivity index (χ0v) is 14.7. The minimum Gasteiger partial charge on any atom is -0.493 e. The molecule has 2 aromatic carbocycles. The minimum atomic E-state index is -0.103. The van der Waals surface area contributed by atoms with E-state index >= 15 is 0 Å². The molecule has 7 nitrogen and oxygen atoms in total. The van der Waals surface area contributed by atoms with Gasteiger partial charge in [-0.3, -0.25) is 4.79 Å². The maximum absolute atomic E-state index is 13.3. The van der Waals surface area contributed by atoms with Crippen LogP contribution in [0.15, 0.2) is 16.9 Å². The van der Waals surface area contributed by atoms with Gasteiger partial charge >= 0.3 is 0 Å². The molecule has 2 aliphatic rings. The third-order valence-electron chi connectivity index (χ3n) is 5.15. The number of aryl methyl sites for hydroxylation is 2. The first-order chi connectivity index (χ1) is 12.7. The molecule has 1 aromatic heterocycles. The van der Waals surface area contributed by atoms with Gasteiger partial charge < -0.3 is 28.3 Å². The maximum Gasteiger partial charge on any atom is 0.262 e. The molecule has 0 aliphatic carbocycles. The Bertz CT molecular complexity index is 1150. The Balaban J connectivity index is 2.10. The van der Waals surface area contributed by atoms with E-state index in [1.54, 1.807) is 18.8 Å². The zero-order chi connectivity index (χ0) is 18.0. The number of aromatic nitrogens is 1. The van der Waals surface area contributed by atoms with Crippen LogP contribution in [0.25, 0.3) is 21.7 Å². The molecule has 0 unspecified atom stereocenters. The van der Waals surface area contributed by atoms with E-state index < -0.39 is 0 Å². The lowest BCUT2D eigenvalue weighted by Crippen LogP contribution is -2.19. The zero-order valence-electron chi connectivity index (χ0n) is 14.7. The monoisotopic (exact) mass is 355 g/mol. The largest absolute Gasteiger partial charge is 0.493 e. The van der Waals surface area contributed by atoms with Crippen LogP contribution in [0.2, 0.25) is 0 Å². The second-order valence-electron chi connectivity index (χ2n) is 6.27. The molecular formula is C19H17NO6. The van der Waals surface area contributed by atoms with Crippen LogP contribution in [0, 0.1) is 0 Å². The highest BCUT2D eigenvalue weighted by Crippen LogP contribution is 2.50. The van der Waals surface area contributed by atoms with Crippen molar-refractivity contribution in [1.29, 1.82) is 0 Å². The molecule has 0 saturated carbocycles. The topological polar surface area (TPSA) is 68.2 Å². The number of benzene rings is 2. The SMILES string of the molecule is COc1cc2c3c(c1OC)c1cc4c(c(OC)c1c(=O)n3CC2)OCO4. The van der Waals surface area contributed by atoms with Gasteiger partial charge in [0.1, 0.15) is 0 Å². The molecule has 134 valence electrons. The Morgan fingerprint density at radius 3 is 2.54 bits per heavy atom. The Kier molecular flexibility index (Phi) is 3.04. The van der Waals surface area contributed by atoms with E-state index in [0.717, 1.165) is 22.9 Å². The molecule has 0 saturated heterocycles. The van der Waals surface area contributed by atoms with Crippen LogP contribution >= 0.6 is 0 Å². The summed E-state index contributed by atoms with van der Waals surface area (Å²) in [5.41, 5.74) is 1.84. The summed E-state index contributed by atoms with van der Waals surface area (Å²) in [4.78, 5) is 13.3. The maximum atomic E-state index is 13.3. The van der Waals surface area contributed by atoms with Crippen LogP contribution in [0.3, 0.4) is 0 Å².